The third-order valence-electron chi connectivity index (χ3n) is 3.73. The van der Waals surface area contributed by atoms with Crippen LogP contribution in [0.3, 0.4) is 0 Å². The van der Waals surface area contributed by atoms with Gasteiger partial charge in [-0.25, -0.2) is 0 Å². The predicted molar refractivity (Wildman–Crippen MR) is 76.5 cm³/mol. The molecule has 104 valence electrons. The van der Waals surface area contributed by atoms with Crippen LogP contribution in [-0.4, -0.2) is 24.0 Å². The number of hydrogen-bond acceptors (Lipinski definition) is 3. The molecule has 0 aliphatic carbocycles. The van der Waals surface area contributed by atoms with Crippen molar-refractivity contribution in [2.75, 3.05) is 13.6 Å². The molecule has 0 amide bonds. The zero-order valence-electron chi connectivity index (χ0n) is 12.5. The van der Waals surface area contributed by atoms with Crippen molar-refractivity contribution >= 4 is 0 Å². The van der Waals surface area contributed by atoms with E-state index in [1.807, 2.05) is 0 Å². The van der Waals surface area contributed by atoms with Gasteiger partial charge in [-0.05, 0) is 52.4 Å². The Morgan fingerprint density at radius 2 is 1.89 bits per heavy atom. The molecule has 0 spiro atoms. The smallest absolute Gasteiger partial charge is 0.118 e. The van der Waals surface area contributed by atoms with E-state index in [4.69, 9.17) is 4.42 Å². The van der Waals surface area contributed by atoms with Crippen molar-refractivity contribution in [3.05, 3.63) is 23.7 Å². The van der Waals surface area contributed by atoms with Gasteiger partial charge in [0, 0.05) is 5.54 Å². The predicted octanol–water partition coefficient (Wildman–Crippen LogP) is 3.40. The van der Waals surface area contributed by atoms with Gasteiger partial charge in [0.15, 0.2) is 0 Å². The highest BCUT2D eigenvalue weighted by atomic mass is 16.3. The molecular formula is C15H28N2O. The maximum Gasteiger partial charge on any atom is 0.118 e. The van der Waals surface area contributed by atoms with Gasteiger partial charge in [-0.2, -0.15) is 0 Å². The highest BCUT2D eigenvalue weighted by Crippen LogP contribution is 2.20. The molecule has 3 heteroatoms. The van der Waals surface area contributed by atoms with Crippen LogP contribution in [0.5, 0.6) is 0 Å². The van der Waals surface area contributed by atoms with Crippen LogP contribution < -0.4 is 5.32 Å². The minimum absolute atomic E-state index is 0.216. The largest absolute Gasteiger partial charge is 0.463 e. The highest BCUT2D eigenvalue weighted by molar-refractivity contribution is 5.07. The molecule has 0 saturated heterocycles. The fourth-order valence-electron chi connectivity index (χ4n) is 1.71. The van der Waals surface area contributed by atoms with E-state index in [1.54, 1.807) is 0 Å². The molecule has 1 aromatic rings. The molecule has 3 nitrogen and oxygen atoms in total. The molecule has 18 heavy (non-hydrogen) atoms. The Labute approximate surface area is 112 Å². The number of hydrogen-bond donors (Lipinski definition) is 1. The second-order valence-corrected chi connectivity index (χ2v) is 5.57. The first kappa shape index (κ1) is 15.3. The highest BCUT2D eigenvalue weighted by Gasteiger charge is 2.21. The molecule has 0 atom stereocenters. The van der Waals surface area contributed by atoms with Gasteiger partial charge in [0.05, 0.1) is 13.1 Å². The lowest BCUT2D eigenvalue weighted by Crippen LogP contribution is -2.39. The zero-order chi connectivity index (χ0) is 13.6. The van der Waals surface area contributed by atoms with Crippen LogP contribution in [-0.2, 0) is 13.1 Å². The van der Waals surface area contributed by atoms with Crippen LogP contribution in [0.15, 0.2) is 16.5 Å². The van der Waals surface area contributed by atoms with Crippen LogP contribution in [0, 0.1) is 0 Å². The van der Waals surface area contributed by atoms with E-state index >= 15 is 0 Å². The molecule has 0 radical (unpaired) electrons. The van der Waals surface area contributed by atoms with E-state index in [9.17, 15) is 0 Å². The second kappa shape index (κ2) is 6.95. The van der Waals surface area contributed by atoms with Gasteiger partial charge in [-0.15, -0.1) is 0 Å². The maximum atomic E-state index is 5.84. The summed E-state index contributed by atoms with van der Waals surface area (Å²) in [7, 11) is 2.15. The second-order valence-electron chi connectivity index (χ2n) is 5.57. The van der Waals surface area contributed by atoms with E-state index < -0.39 is 0 Å². The molecule has 0 saturated carbocycles. The summed E-state index contributed by atoms with van der Waals surface area (Å²) in [5, 5.41) is 3.35. The van der Waals surface area contributed by atoms with Gasteiger partial charge >= 0.3 is 0 Å². The van der Waals surface area contributed by atoms with E-state index in [-0.39, 0.29) is 5.54 Å². The van der Waals surface area contributed by atoms with Crippen molar-refractivity contribution in [2.24, 2.45) is 0 Å². The van der Waals surface area contributed by atoms with Crippen molar-refractivity contribution in [3.8, 4) is 0 Å². The topological polar surface area (TPSA) is 28.4 Å². The van der Waals surface area contributed by atoms with Gasteiger partial charge in [-0.1, -0.05) is 13.8 Å². The van der Waals surface area contributed by atoms with Crippen LogP contribution in [0.1, 0.15) is 52.1 Å². The van der Waals surface area contributed by atoms with Crippen LogP contribution in [0.25, 0.3) is 0 Å². The van der Waals surface area contributed by atoms with Crippen molar-refractivity contribution in [2.45, 2.75) is 59.2 Å². The molecule has 0 aromatic carbocycles. The quantitative estimate of drug-likeness (QED) is 0.719. The van der Waals surface area contributed by atoms with Gasteiger partial charge < -0.3 is 9.73 Å². The Morgan fingerprint density at radius 1 is 1.22 bits per heavy atom. The maximum absolute atomic E-state index is 5.84. The molecule has 0 fully saturated rings. The summed E-state index contributed by atoms with van der Waals surface area (Å²) >= 11 is 0. The molecule has 1 heterocycles. The minimum atomic E-state index is 0.216. The number of rotatable bonds is 8. The third-order valence-corrected chi connectivity index (χ3v) is 3.73. The van der Waals surface area contributed by atoms with Crippen LogP contribution in [0.4, 0.5) is 0 Å². The summed E-state index contributed by atoms with van der Waals surface area (Å²) in [6, 6.07) is 4.16. The normalized spacial score (nSPS) is 12.3. The van der Waals surface area contributed by atoms with Gasteiger partial charge in [0.25, 0.3) is 0 Å². The van der Waals surface area contributed by atoms with Crippen molar-refractivity contribution in [1.82, 2.24) is 10.2 Å². The van der Waals surface area contributed by atoms with Crippen molar-refractivity contribution < 1.29 is 4.42 Å². The van der Waals surface area contributed by atoms with Gasteiger partial charge in [0.1, 0.15) is 11.5 Å². The first-order chi connectivity index (χ1) is 8.49. The van der Waals surface area contributed by atoms with Crippen molar-refractivity contribution in [3.63, 3.8) is 0 Å². The average Bonchev–Trinajstić information content (AvgIpc) is 2.77. The fraction of sp³-hybridized carbons (Fsp3) is 0.733. The minimum Gasteiger partial charge on any atom is -0.463 e. The number of furan rings is 1. The molecule has 0 aliphatic heterocycles. The number of nitrogens with zero attached hydrogens (tertiary/aromatic N) is 1. The summed E-state index contributed by atoms with van der Waals surface area (Å²) in [5.41, 5.74) is 0.216. The molecule has 1 aromatic heterocycles. The SMILES string of the molecule is CCCNCc1ccc(CN(C)C(C)(C)CC)o1. The first-order valence-electron chi connectivity index (χ1n) is 6.99. The van der Waals surface area contributed by atoms with E-state index in [2.05, 4.69) is 57.1 Å². The van der Waals surface area contributed by atoms with E-state index in [0.717, 1.165) is 44.0 Å². The Kier molecular flexibility index (Phi) is 5.89. The Balaban J connectivity index is 2.48. The summed E-state index contributed by atoms with van der Waals surface area (Å²) in [6.45, 7) is 11.7. The molecule has 1 rings (SSSR count). The summed E-state index contributed by atoms with van der Waals surface area (Å²) < 4.78 is 5.84. The number of nitrogens with one attached hydrogen (secondary N) is 1. The van der Waals surface area contributed by atoms with Crippen LogP contribution >= 0.6 is 0 Å². The Hall–Kier alpha value is -0.800. The van der Waals surface area contributed by atoms with Crippen LogP contribution in [0.2, 0.25) is 0 Å². The Bertz CT molecular complexity index is 344. The zero-order valence-corrected chi connectivity index (χ0v) is 12.5. The third kappa shape index (κ3) is 4.46. The summed E-state index contributed by atoms with van der Waals surface area (Å²) in [4.78, 5) is 2.34. The lowest BCUT2D eigenvalue weighted by Gasteiger charge is -2.34. The summed E-state index contributed by atoms with van der Waals surface area (Å²) in [6.07, 6.45) is 2.29. The van der Waals surface area contributed by atoms with Gasteiger partial charge in [-0.3, -0.25) is 4.90 Å². The monoisotopic (exact) mass is 252 g/mol. The molecule has 0 bridgehead atoms. The average molecular weight is 252 g/mol. The first-order valence-corrected chi connectivity index (χ1v) is 6.99. The van der Waals surface area contributed by atoms with Crippen molar-refractivity contribution in [1.29, 1.82) is 0 Å². The fourth-order valence-corrected chi connectivity index (χ4v) is 1.71. The van der Waals surface area contributed by atoms with E-state index in [0.29, 0.717) is 0 Å². The molecule has 0 unspecified atom stereocenters. The standard InChI is InChI=1S/C15H28N2O/c1-6-10-16-11-13-8-9-14(18-13)12-17(5)15(3,4)7-2/h8-9,16H,6-7,10-12H2,1-5H3. The van der Waals surface area contributed by atoms with Gasteiger partial charge in [0.2, 0.25) is 0 Å². The van der Waals surface area contributed by atoms with E-state index in [1.165, 1.54) is 0 Å². The Morgan fingerprint density at radius 3 is 2.50 bits per heavy atom. The molecule has 0 aliphatic rings. The lowest BCUT2D eigenvalue weighted by molar-refractivity contribution is 0.132. The molecule has 1 N–H and O–H groups in total. The lowest BCUT2D eigenvalue weighted by atomic mass is 10.00. The summed E-state index contributed by atoms with van der Waals surface area (Å²) in [5.74, 6) is 2.08. The molecular weight excluding hydrogens is 224 g/mol.